The molecule has 1 aromatic heterocycles. The van der Waals surface area contributed by atoms with Crippen molar-refractivity contribution in [2.75, 3.05) is 0 Å². The SMILES string of the molecule is CC#CCCC(N)c1ccc(C)s1. The van der Waals surface area contributed by atoms with Gasteiger partial charge in [-0.1, -0.05) is 0 Å². The van der Waals surface area contributed by atoms with Gasteiger partial charge in [-0.05, 0) is 32.4 Å². The quantitative estimate of drug-likeness (QED) is 0.734. The molecule has 2 N–H and O–H groups in total. The summed E-state index contributed by atoms with van der Waals surface area (Å²) in [6, 6.07) is 4.40. The fraction of sp³-hybridized carbons (Fsp3) is 0.455. The highest BCUT2D eigenvalue weighted by Gasteiger charge is 2.06. The van der Waals surface area contributed by atoms with E-state index in [9.17, 15) is 0 Å². The molecule has 1 unspecified atom stereocenters. The predicted molar refractivity (Wildman–Crippen MR) is 58.7 cm³/mol. The molecule has 1 heterocycles. The Morgan fingerprint density at radius 1 is 1.54 bits per heavy atom. The second-order valence-electron chi connectivity index (χ2n) is 3.02. The van der Waals surface area contributed by atoms with Gasteiger partial charge in [0.15, 0.2) is 0 Å². The Morgan fingerprint density at radius 3 is 2.85 bits per heavy atom. The molecule has 0 aliphatic heterocycles. The van der Waals surface area contributed by atoms with Gasteiger partial charge in [-0.25, -0.2) is 0 Å². The van der Waals surface area contributed by atoms with Crippen LogP contribution in [0.25, 0.3) is 0 Å². The van der Waals surface area contributed by atoms with E-state index in [1.54, 1.807) is 11.3 Å². The van der Waals surface area contributed by atoms with E-state index in [1.807, 2.05) is 6.92 Å². The highest BCUT2D eigenvalue weighted by Crippen LogP contribution is 2.23. The lowest BCUT2D eigenvalue weighted by Gasteiger charge is -2.05. The van der Waals surface area contributed by atoms with E-state index in [-0.39, 0.29) is 6.04 Å². The summed E-state index contributed by atoms with van der Waals surface area (Å²) in [6.45, 7) is 3.97. The van der Waals surface area contributed by atoms with E-state index >= 15 is 0 Å². The van der Waals surface area contributed by atoms with Gasteiger partial charge in [0.1, 0.15) is 0 Å². The van der Waals surface area contributed by atoms with E-state index in [0.29, 0.717) is 0 Å². The first-order valence-corrected chi connectivity index (χ1v) is 5.27. The van der Waals surface area contributed by atoms with Crippen LogP contribution in [0, 0.1) is 18.8 Å². The highest BCUT2D eigenvalue weighted by atomic mass is 32.1. The van der Waals surface area contributed by atoms with Crippen LogP contribution in [0.4, 0.5) is 0 Å². The van der Waals surface area contributed by atoms with Crippen LogP contribution < -0.4 is 5.73 Å². The molecular formula is C11H15NS. The predicted octanol–water partition coefficient (Wildman–Crippen LogP) is 2.86. The Hall–Kier alpha value is -0.780. The summed E-state index contributed by atoms with van der Waals surface area (Å²) in [6.07, 6.45) is 1.86. The zero-order valence-corrected chi connectivity index (χ0v) is 8.95. The first-order chi connectivity index (χ1) is 6.24. The fourth-order valence-corrected chi connectivity index (χ4v) is 2.06. The number of hydrogen-bond acceptors (Lipinski definition) is 2. The lowest BCUT2D eigenvalue weighted by Crippen LogP contribution is -2.07. The lowest BCUT2D eigenvalue weighted by atomic mass is 10.1. The molecule has 0 bridgehead atoms. The zero-order valence-electron chi connectivity index (χ0n) is 8.13. The van der Waals surface area contributed by atoms with Crippen LogP contribution in [0.15, 0.2) is 12.1 Å². The molecule has 0 saturated carbocycles. The van der Waals surface area contributed by atoms with Crippen molar-refractivity contribution in [1.82, 2.24) is 0 Å². The Balaban J connectivity index is 2.47. The van der Waals surface area contributed by atoms with Crippen molar-refractivity contribution >= 4 is 11.3 Å². The molecule has 0 aliphatic rings. The molecule has 2 heteroatoms. The normalized spacial score (nSPS) is 11.9. The second-order valence-corrected chi connectivity index (χ2v) is 4.34. The topological polar surface area (TPSA) is 26.0 Å². The molecule has 1 atom stereocenters. The Morgan fingerprint density at radius 2 is 2.31 bits per heavy atom. The van der Waals surface area contributed by atoms with Crippen molar-refractivity contribution < 1.29 is 0 Å². The molecule has 0 aliphatic carbocycles. The van der Waals surface area contributed by atoms with Gasteiger partial charge in [0.25, 0.3) is 0 Å². The first-order valence-electron chi connectivity index (χ1n) is 4.45. The Bertz CT molecular complexity index is 316. The summed E-state index contributed by atoms with van der Waals surface area (Å²) in [5, 5.41) is 0. The minimum Gasteiger partial charge on any atom is -0.323 e. The van der Waals surface area contributed by atoms with Crippen LogP contribution in [0.1, 0.15) is 35.6 Å². The van der Waals surface area contributed by atoms with Gasteiger partial charge in [0.2, 0.25) is 0 Å². The first kappa shape index (κ1) is 10.3. The summed E-state index contributed by atoms with van der Waals surface area (Å²) in [5.41, 5.74) is 5.99. The number of aryl methyl sites for hydroxylation is 1. The van der Waals surface area contributed by atoms with Crippen molar-refractivity contribution in [3.63, 3.8) is 0 Å². The molecule has 0 saturated heterocycles. The van der Waals surface area contributed by atoms with Gasteiger partial charge in [0, 0.05) is 22.2 Å². The van der Waals surface area contributed by atoms with Gasteiger partial charge in [-0.15, -0.1) is 23.2 Å². The van der Waals surface area contributed by atoms with Crippen LogP contribution >= 0.6 is 11.3 Å². The zero-order chi connectivity index (χ0) is 9.68. The van der Waals surface area contributed by atoms with E-state index in [1.165, 1.54) is 9.75 Å². The van der Waals surface area contributed by atoms with Crippen molar-refractivity contribution in [2.45, 2.75) is 32.7 Å². The number of nitrogens with two attached hydrogens (primary N) is 1. The third-order valence-electron chi connectivity index (χ3n) is 1.88. The average Bonchev–Trinajstić information content (AvgIpc) is 2.52. The van der Waals surface area contributed by atoms with Gasteiger partial charge >= 0.3 is 0 Å². The number of hydrogen-bond donors (Lipinski definition) is 1. The summed E-state index contributed by atoms with van der Waals surface area (Å²) < 4.78 is 0. The largest absolute Gasteiger partial charge is 0.323 e. The van der Waals surface area contributed by atoms with Crippen LogP contribution in [0.5, 0.6) is 0 Å². The van der Waals surface area contributed by atoms with Gasteiger partial charge in [0.05, 0.1) is 0 Å². The molecule has 1 rings (SSSR count). The van der Waals surface area contributed by atoms with E-state index in [2.05, 4.69) is 30.9 Å². The lowest BCUT2D eigenvalue weighted by molar-refractivity contribution is 0.679. The molecule has 0 aromatic carbocycles. The molecule has 0 radical (unpaired) electrons. The molecule has 1 nitrogen and oxygen atoms in total. The summed E-state index contributed by atoms with van der Waals surface area (Å²) in [7, 11) is 0. The third kappa shape index (κ3) is 3.22. The second kappa shape index (κ2) is 5.06. The Labute approximate surface area is 84.0 Å². The van der Waals surface area contributed by atoms with Crippen LogP contribution in [0.2, 0.25) is 0 Å². The Kier molecular flexibility index (Phi) is 4.01. The minimum absolute atomic E-state index is 0.166. The van der Waals surface area contributed by atoms with Crippen LogP contribution in [0.3, 0.4) is 0 Å². The van der Waals surface area contributed by atoms with Crippen molar-refractivity contribution in [3.05, 3.63) is 21.9 Å². The smallest absolute Gasteiger partial charge is 0.0398 e. The summed E-state index contributed by atoms with van der Waals surface area (Å²) in [4.78, 5) is 2.60. The van der Waals surface area contributed by atoms with Gasteiger partial charge in [-0.3, -0.25) is 0 Å². The molecule has 70 valence electrons. The fourth-order valence-electron chi connectivity index (χ4n) is 1.15. The standard InChI is InChI=1S/C11H15NS/c1-3-4-5-6-10(12)11-8-7-9(2)13-11/h7-8,10H,5-6,12H2,1-2H3. The monoisotopic (exact) mass is 193 g/mol. The van der Waals surface area contributed by atoms with E-state index < -0.39 is 0 Å². The van der Waals surface area contributed by atoms with Crippen molar-refractivity contribution in [3.8, 4) is 11.8 Å². The maximum atomic E-state index is 5.99. The molecular weight excluding hydrogens is 178 g/mol. The van der Waals surface area contributed by atoms with Gasteiger partial charge < -0.3 is 5.73 Å². The maximum Gasteiger partial charge on any atom is 0.0398 e. The van der Waals surface area contributed by atoms with Crippen molar-refractivity contribution in [2.24, 2.45) is 5.73 Å². The van der Waals surface area contributed by atoms with E-state index in [4.69, 9.17) is 5.73 Å². The number of thiophene rings is 1. The van der Waals surface area contributed by atoms with Crippen LogP contribution in [-0.4, -0.2) is 0 Å². The highest BCUT2D eigenvalue weighted by molar-refractivity contribution is 7.12. The molecule has 0 amide bonds. The summed E-state index contributed by atoms with van der Waals surface area (Å²) >= 11 is 1.78. The molecule has 13 heavy (non-hydrogen) atoms. The summed E-state index contributed by atoms with van der Waals surface area (Å²) in [5.74, 6) is 5.91. The van der Waals surface area contributed by atoms with Crippen molar-refractivity contribution in [1.29, 1.82) is 0 Å². The van der Waals surface area contributed by atoms with Gasteiger partial charge in [-0.2, -0.15) is 0 Å². The number of rotatable bonds is 3. The molecule has 0 spiro atoms. The minimum atomic E-state index is 0.166. The maximum absolute atomic E-state index is 5.99. The molecule has 0 fully saturated rings. The van der Waals surface area contributed by atoms with Crippen LogP contribution in [-0.2, 0) is 0 Å². The van der Waals surface area contributed by atoms with E-state index in [0.717, 1.165) is 12.8 Å². The average molecular weight is 193 g/mol. The third-order valence-corrected chi connectivity index (χ3v) is 3.02. The molecule has 1 aromatic rings.